The molecule has 1 amide bonds. The number of amides is 1. The van der Waals surface area contributed by atoms with Gasteiger partial charge in [0.15, 0.2) is 10.9 Å². The fourth-order valence-corrected chi connectivity index (χ4v) is 4.55. The Hall–Kier alpha value is -2.72. The number of carbonyl (C=O) groups is 1. The Labute approximate surface area is 193 Å². The number of nitrogens with zero attached hydrogens (tertiary/aromatic N) is 5. The van der Waals surface area contributed by atoms with E-state index in [1.54, 1.807) is 35.2 Å². The molecule has 2 aliphatic rings. The standard InChI is InChI=1S/C22H20ClN5O3S/c1-32-22-24-17-5-3-2-4-15(17)20(29)28(22)25-19-16-12-14(23)6-7-18(16)27(21(19)30)13-26-8-10-31-11-9-26/h2-7,12H,8-11,13H2,1H3/b25-19-. The first kappa shape index (κ1) is 21.1. The van der Waals surface area contributed by atoms with Gasteiger partial charge in [0.2, 0.25) is 0 Å². The predicted octanol–water partition coefficient (Wildman–Crippen LogP) is 2.66. The molecule has 0 atom stereocenters. The summed E-state index contributed by atoms with van der Waals surface area (Å²) in [6.07, 6.45) is 1.82. The van der Waals surface area contributed by atoms with Gasteiger partial charge >= 0.3 is 0 Å². The summed E-state index contributed by atoms with van der Waals surface area (Å²) in [5, 5.41) is 5.87. The van der Waals surface area contributed by atoms with Crippen molar-refractivity contribution in [2.75, 3.05) is 44.1 Å². The van der Waals surface area contributed by atoms with E-state index >= 15 is 0 Å². The summed E-state index contributed by atoms with van der Waals surface area (Å²) in [6, 6.07) is 12.4. The molecule has 2 aliphatic heterocycles. The highest BCUT2D eigenvalue weighted by Crippen LogP contribution is 2.32. The van der Waals surface area contributed by atoms with E-state index in [-0.39, 0.29) is 17.2 Å². The van der Waals surface area contributed by atoms with Crippen LogP contribution in [0.3, 0.4) is 0 Å². The van der Waals surface area contributed by atoms with E-state index in [9.17, 15) is 9.59 Å². The molecule has 5 rings (SSSR count). The zero-order valence-corrected chi connectivity index (χ0v) is 18.9. The molecule has 32 heavy (non-hydrogen) atoms. The predicted molar refractivity (Wildman–Crippen MR) is 126 cm³/mol. The normalized spacial score (nSPS) is 18.0. The van der Waals surface area contributed by atoms with Crippen LogP contribution in [-0.2, 0) is 9.53 Å². The van der Waals surface area contributed by atoms with E-state index in [0.717, 1.165) is 18.8 Å². The van der Waals surface area contributed by atoms with Crippen LogP contribution in [0.25, 0.3) is 10.9 Å². The van der Waals surface area contributed by atoms with Gasteiger partial charge in [-0.3, -0.25) is 19.4 Å². The summed E-state index contributed by atoms with van der Waals surface area (Å²) >= 11 is 7.54. The van der Waals surface area contributed by atoms with Crippen molar-refractivity contribution < 1.29 is 9.53 Å². The first-order valence-corrected chi connectivity index (χ1v) is 11.7. The number of morpholine rings is 1. The lowest BCUT2D eigenvalue weighted by molar-refractivity contribution is -0.112. The molecule has 1 aromatic heterocycles. The molecule has 0 spiro atoms. The van der Waals surface area contributed by atoms with Crippen LogP contribution in [0.2, 0.25) is 5.02 Å². The van der Waals surface area contributed by atoms with E-state index in [2.05, 4.69) is 15.0 Å². The van der Waals surface area contributed by atoms with Crippen molar-refractivity contribution in [1.29, 1.82) is 0 Å². The molecular weight excluding hydrogens is 450 g/mol. The second kappa shape index (κ2) is 8.67. The van der Waals surface area contributed by atoms with Crippen LogP contribution in [0.15, 0.2) is 57.5 Å². The molecule has 3 heterocycles. The monoisotopic (exact) mass is 469 g/mol. The summed E-state index contributed by atoms with van der Waals surface area (Å²) in [5.74, 6) is -0.277. The van der Waals surface area contributed by atoms with E-state index in [1.807, 2.05) is 18.4 Å². The molecule has 0 radical (unpaired) electrons. The highest BCUT2D eigenvalue weighted by atomic mass is 35.5. The molecule has 1 fully saturated rings. The van der Waals surface area contributed by atoms with Gasteiger partial charge in [-0.05, 0) is 36.6 Å². The van der Waals surface area contributed by atoms with E-state index in [4.69, 9.17) is 16.3 Å². The summed E-state index contributed by atoms with van der Waals surface area (Å²) in [7, 11) is 0. The van der Waals surface area contributed by atoms with Crippen molar-refractivity contribution >= 4 is 51.6 Å². The topological polar surface area (TPSA) is 80.0 Å². The number of fused-ring (bicyclic) bond motifs is 2. The maximum atomic E-state index is 13.5. The second-order valence-electron chi connectivity index (χ2n) is 7.45. The Morgan fingerprint density at radius 1 is 1.16 bits per heavy atom. The Morgan fingerprint density at radius 2 is 1.94 bits per heavy atom. The van der Waals surface area contributed by atoms with Crippen LogP contribution < -0.4 is 10.5 Å². The molecule has 10 heteroatoms. The van der Waals surface area contributed by atoms with Gasteiger partial charge in [0, 0.05) is 23.7 Å². The number of benzene rings is 2. The number of aromatic nitrogens is 2. The van der Waals surface area contributed by atoms with Crippen LogP contribution >= 0.6 is 23.4 Å². The lowest BCUT2D eigenvalue weighted by atomic mass is 10.1. The van der Waals surface area contributed by atoms with Crippen molar-refractivity contribution in [3.8, 4) is 0 Å². The lowest BCUT2D eigenvalue weighted by Gasteiger charge is -2.30. The summed E-state index contributed by atoms with van der Waals surface area (Å²) in [4.78, 5) is 35.1. The van der Waals surface area contributed by atoms with Gasteiger partial charge in [0.25, 0.3) is 11.5 Å². The number of anilines is 1. The average Bonchev–Trinajstić information content (AvgIpc) is 3.06. The quantitative estimate of drug-likeness (QED) is 0.431. The minimum atomic E-state index is -0.324. The van der Waals surface area contributed by atoms with Crippen LogP contribution in [-0.4, -0.2) is 65.4 Å². The largest absolute Gasteiger partial charge is 0.379 e. The number of thioether (sulfide) groups is 1. The number of ether oxygens (including phenoxy) is 1. The van der Waals surface area contributed by atoms with Gasteiger partial charge in [0.05, 0.1) is 36.5 Å². The average molecular weight is 470 g/mol. The summed E-state index contributed by atoms with van der Waals surface area (Å²) in [5.41, 5.74) is 1.76. The van der Waals surface area contributed by atoms with Gasteiger partial charge in [0.1, 0.15) is 0 Å². The third kappa shape index (κ3) is 3.71. The minimum Gasteiger partial charge on any atom is -0.379 e. The molecule has 0 bridgehead atoms. The van der Waals surface area contributed by atoms with Crippen LogP contribution in [0.1, 0.15) is 5.56 Å². The van der Waals surface area contributed by atoms with Gasteiger partial charge in [-0.1, -0.05) is 35.5 Å². The zero-order chi connectivity index (χ0) is 22.2. The smallest absolute Gasteiger partial charge is 0.282 e. The zero-order valence-electron chi connectivity index (χ0n) is 17.3. The molecule has 1 saturated heterocycles. The third-order valence-electron chi connectivity index (χ3n) is 5.50. The first-order chi connectivity index (χ1) is 15.6. The number of carbonyl (C=O) groups excluding carboxylic acids is 1. The molecule has 2 aromatic carbocycles. The van der Waals surface area contributed by atoms with Gasteiger partial charge < -0.3 is 4.74 Å². The fourth-order valence-electron chi connectivity index (χ4n) is 3.89. The molecule has 3 aromatic rings. The maximum absolute atomic E-state index is 13.5. The van der Waals surface area contributed by atoms with Crippen molar-refractivity contribution in [3.05, 3.63) is 63.4 Å². The Balaban J connectivity index is 1.63. The Bertz CT molecular complexity index is 1300. The Kier molecular flexibility index (Phi) is 5.73. The molecule has 8 nitrogen and oxygen atoms in total. The molecule has 0 saturated carbocycles. The van der Waals surface area contributed by atoms with Crippen molar-refractivity contribution in [3.63, 3.8) is 0 Å². The Morgan fingerprint density at radius 3 is 2.72 bits per heavy atom. The van der Waals surface area contributed by atoms with Gasteiger partial charge in [-0.25, -0.2) is 4.98 Å². The third-order valence-corrected chi connectivity index (χ3v) is 6.37. The number of halogens is 1. The minimum absolute atomic E-state index is 0.172. The number of para-hydroxylation sites is 1. The van der Waals surface area contributed by atoms with E-state index in [0.29, 0.717) is 46.5 Å². The van der Waals surface area contributed by atoms with Crippen LogP contribution in [0.4, 0.5) is 5.69 Å². The number of hydrogen-bond donors (Lipinski definition) is 0. The van der Waals surface area contributed by atoms with Gasteiger partial charge in [-0.15, -0.1) is 0 Å². The van der Waals surface area contributed by atoms with Crippen LogP contribution in [0.5, 0.6) is 0 Å². The van der Waals surface area contributed by atoms with Crippen molar-refractivity contribution in [2.45, 2.75) is 5.16 Å². The highest BCUT2D eigenvalue weighted by molar-refractivity contribution is 7.98. The molecule has 164 valence electrons. The summed E-state index contributed by atoms with van der Waals surface area (Å²) < 4.78 is 6.63. The number of rotatable bonds is 4. The van der Waals surface area contributed by atoms with E-state index < -0.39 is 0 Å². The highest BCUT2D eigenvalue weighted by Gasteiger charge is 2.36. The van der Waals surface area contributed by atoms with Crippen molar-refractivity contribution in [1.82, 2.24) is 14.6 Å². The molecule has 0 N–H and O–H groups in total. The fraction of sp³-hybridized carbons (Fsp3) is 0.273. The number of hydrogen-bond acceptors (Lipinski definition) is 7. The first-order valence-electron chi connectivity index (χ1n) is 10.1. The SMILES string of the molecule is CSc1nc2ccccc2c(=O)n1/N=C1\C(=O)N(CN2CCOCC2)c2ccc(Cl)cc21. The van der Waals surface area contributed by atoms with Crippen LogP contribution in [0, 0.1) is 0 Å². The summed E-state index contributed by atoms with van der Waals surface area (Å²) in [6.45, 7) is 3.15. The van der Waals surface area contributed by atoms with Gasteiger partial charge in [-0.2, -0.15) is 9.78 Å². The maximum Gasteiger partial charge on any atom is 0.282 e. The molecular formula is C22H20ClN5O3S. The second-order valence-corrected chi connectivity index (χ2v) is 8.66. The molecule has 0 unspecified atom stereocenters. The van der Waals surface area contributed by atoms with E-state index in [1.165, 1.54) is 16.4 Å². The molecule has 0 aliphatic carbocycles. The lowest BCUT2D eigenvalue weighted by Crippen LogP contribution is -2.46. The van der Waals surface area contributed by atoms with Crippen molar-refractivity contribution in [2.24, 2.45) is 5.10 Å².